The second-order valence-electron chi connectivity index (χ2n) is 5.23. The van der Waals surface area contributed by atoms with Crippen molar-refractivity contribution in [1.29, 1.82) is 0 Å². The highest BCUT2D eigenvalue weighted by Crippen LogP contribution is 2.30. The lowest BCUT2D eigenvalue weighted by Gasteiger charge is -2.18. The first kappa shape index (κ1) is 17.0. The zero-order valence-corrected chi connectivity index (χ0v) is 15.9. The average molecular weight is 454 g/mol. The molecule has 1 aliphatic heterocycles. The first-order chi connectivity index (χ1) is 11.5. The number of carbonyl (C=O) groups excluding carboxylic acids is 1. The van der Waals surface area contributed by atoms with Gasteiger partial charge in [-0.25, -0.2) is 0 Å². The lowest BCUT2D eigenvalue weighted by atomic mass is 10.2. The van der Waals surface area contributed by atoms with Gasteiger partial charge >= 0.3 is 0 Å². The Kier molecular flexibility index (Phi) is 5.20. The van der Waals surface area contributed by atoms with Gasteiger partial charge in [0.15, 0.2) is 16.6 Å². The maximum atomic E-state index is 12.3. The van der Waals surface area contributed by atoms with Crippen molar-refractivity contribution < 1.29 is 14.3 Å². The molecule has 0 aliphatic carbocycles. The van der Waals surface area contributed by atoms with Crippen LogP contribution in [0.1, 0.15) is 15.9 Å². The van der Waals surface area contributed by atoms with Gasteiger partial charge in [0.2, 0.25) is 0 Å². The number of hydrogen-bond acceptors (Lipinski definition) is 4. The second-order valence-corrected chi connectivity index (χ2v) is 6.88. The maximum Gasteiger partial charge on any atom is 0.257 e. The molecule has 1 amide bonds. The fraction of sp³-hybridized carbons (Fsp3) is 0.176. The van der Waals surface area contributed by atoms with Gasteiger partial charge in [-0.15, -0.1) is 0 Å². The molecule has 2 aromatic rings. The van der Waals surface area contributed by atoms with E-state index < -0.39 is 0 Å². The van der Waals surface area contributed by atoms with Gasteiger partial charge in [-0.3, -0.25) is 10.1 Å². The molecule has 0 aromatic heterocycles. The number of nitrogens with one attached hydrogen (secondary N) is 2. The minimum atomic E-state index is -0.298. The largest absolute Gasteiger partial charge is 0.486 e. The molecule has 0 saturated carbocycles. The third-order valence-corrected chi connectivity index (χ3v) is 4.34. The Morgan fingerprint density at radius 1 is 1.12 bits per heavy atom. The number of halogens is 1. The summed E-state index contributed by atoms with van der Waals surface area (Å²) in [5.74, 6) is 0.918. The first-order valence-electron chi connectivity index (χ1n) is 7.31. The topological polar surface area (TPSA) is 59.6 Å². The smallest absolute Gasteiger partial charge is 0.257 e. The van der Waals surface area contributed by atoms with Crippen LogP contribution in [0.2, 0.25) is 0 Å². The number of benzene rings is 2. The van der Waals surface area contributed by atoms with E-state index in [0.717, 1.165) is 14.8 Å². The summed E-state index contributed by atoms with van der Waals surface area (Å²) >= 11 is 7.47. The van der Waals surface area contributed by atoms with Crippen LogP contribution < -0.4 is 20.1 Å². The van der Waals surface area contributed by atoms with Crippen molar-refractivity contribution in [2.24, 2.45) is 0 Å². The molecule has 0 bridgehead atoms. The van der Waals surface area contributed by atoms with Gasteiger partial charge in [-0.05, 0) is 83.7 Å². The van der Waals surface area contributed by atoms with Crippen LogP contribution in [-0.4, -0.2) is 24.2 Å². The van der Waals surface area contributed by atoms with Crippen molar-refractivity contribution in [3.63, 3.8) is 0 Å². The molecule has 1 heterocycles. The number of carbonyl (C=O) groups is 1. The standard InChI is InChI=1S/C17H15IN2O3S/c1-10-8-12(18)3-4-13(10)19-17(24)20-16(21)11-2-5-14-15(9-11)23-7-6-22-14/h2-5,8-9H,6-7H2,1H3,(H2,19,20,21,24). The lowest BCUT2D eigenvalue weighted by Crippen LogP contribution is -2.34. The van der Waals surface area contributed by atoms with Crippen LogP contribution in [0.4, 0.5) is 5.69 Å². The number of rotatable bonds is 2. The summed E-state index contributed by atoms with van der Waals surface area (Å²) in [7, 11) is 0. The Labute approximate surface area is 158 Å². The Bertz CT molecular complexity index is 810. The predicted octanol–water partition coefficient (Wildman–Crippen LogP) is 3.50. The molecule has 2 aromatic carbocycles. The summed E-state index contributed by atoms with van der Waals surface area (Å²) in [5, 5.41) is 5.97. The molecule has 124 valence electrons. The van der Waals surface area contributed by atoms with Crippen molar-refractivity contribution in [2.45, 2.75) is 6.92 Å². The van der Waals surface area contributed by atoms with Crippen molar-refractivity contribution >= 4 is 51.5 Å². The number of ether oxygens (including phenoxy) is 2. The molecule has 3 rings (SSSR count). The van der Waals surface area contributed by atoms with Gasteiger partial charge in [-0.1, -0.05) is 0 Å². The molecule has 0 spiro atoms. The molecule has 5 nitrogen and oxygen atoms in total. The second kappa shape index (κ2) is 7.35. The summed E-state index contributed by atoms with van der Waals surface area (Å²) < 4.78 is 12.1. The molecule has 0 saturated heterocycles. The molecular formula is C17H15IN2O3S. The first-order valence-corrected chi connectivity index (χ1v) is 8.80. The molecule has 2 N–H and O–H groups in total. The molecular weight excluding hydrogens is 439 g/mol. The summed E-state index contributed by atoms with van der Waals surface area (Å²) in [6.07, 6.45) is 0. The number of thiocarbonyl (C=S) groups is 1. The quantitative estimate of drug-likeness (QED) is 0.538. The molecule has 7 heteroatoms. The number of amides is 1. The fourth-order valence-electron chi connectivity index (χ4n) is 2.28. The third-order valence-electron chi connectivity index (χ3n) is 3.47. The predicted molar refractivity (Wildman–Crippen MR) is 105 cm³/mol. The normalized spacial score (nSPS) is 12.4. The average Bonchev–Trinajstić information content (AvgIpc) is 2.57. The van der Waals surface area contributed by atoms with E-state index in [1.807, 2.05) is 25.1 Å². The van der Waals surface area contributed by atoms with E-state index in [4.69, 9.17) is 21.7 Å². The zero-order valence-electron chi connectivity index (χ0n) is 12.9. The number of aryl methyl sites for hydroxylation is 1. The summed E-state index contributed by atoms with van der Waals surface area (Å²) in [6.45, 7) is 2.97. The van der Waals surface area contributed by atoms with E-state index >= 15 is 0 Å². The van der Waals surface area contributed by atoms with E-state index in [-0.39, 0.29) is 11.0 Å². The van der Waals surface area contributed by atoms with E-state index in [0.29, 0.717) is 30.3 Å². The van der Waals surface area contributed by atoms with Crippen LogP contribution in [0.3, 0.4) is 0 Å². The minimum Gasteiger partial charge on any atom is -0.486 e. The highest BCUT2D eigenvalue weighted by Gasteiger charge is 2.15. The number of hydrogen-bond donors (Lipinski definition) is 2. The zero-order chi connectivity index (χ0) is 17.1. The lowest BCUT2D eigenvalue weighted by molar-refractivity contribution is 0.0976. The fourth-order valence-corrected chi connectivity index (χ4v) is 3.13. The van der Waals surface area contributed by atoms with Gasteiger partial charge in [0.25, 0.3) is 5.91 Å². The Hall–Kier alpha value is -1.87. The van der Waals surface area contributed by atoms with Crippen LogP contribution in [0.15, 0.2) is 36.4 Å². The van der Waals surface area contributed by atoms with Crippen molar-refractivity contribution in [3.05, 3.63) is 51.1 Å². The molecule has 24 heavy (non-hydrogen) atoms. The SMILES string of the molecule is Cc1cc(I)ccc1NC(=S)NC(=O)c1ccc2c(c1)OCCO2. The summed E-state index contributed by atoms with van der Waals surface area (Å²) in [5.41, 5.74) is 2.38. The van der Waals surface area contributed by atoms with Crippen LogP contribution in [-0.2, 0) is 0 Å². The monoisotopic (exact) mass is 454 g/mol. The molecule has 0 fully saturated rings. The third kappa shape index (κ3) is 3.96. The van der Waals surface area contributed by atoms with Gasteiger partial charge in [0.1, 0.15) is 13.2 Å². The van der Waals surface area contributed by atoms with Gasteiger partial charge in [0, 0.05) is 14.8 Å². The number of fused-ring (bicyclic) bond motifs is 1. The van der Waals surface area contributed by atoms with Gasteiger partial charge in [0.05, 0.1) is 0 Å². The van der Waals surface area contributed by atoms with E-state index in [2.05, 4.69) is 33.2 Å². The number of anilines is 1. The van der Waals surface area contributed by atoms with Crippen molar-refractivity contribution in [1.82, 2.24) is 5.32 Å². The summed E-state index contributed by atoms with van der Waals surface area (Å²) in [4.78, 5) is 12.3. The van der Waals surface area contributed by atoms with Crippen LogP contribution in [0, 0.1) is 10.5 Å². The molecule has 1 aliphatic rings. The summed E-state index contributed by atoms with van der Waals surface area (Å²) in [6, 6.07) is 11.0. The molecule has 0 unspecified atom stereocenters. The minimum absolute atomic E-state index is 0.249. The van der Waals surface area contributed by atoms with Gasteiger partial charge in [-0.2, -0.15) is 0 Å². The Balaban J connectivity index is 1.67. The van der Waals surface area contributed by atoms with Crippen LogP contribution >= 0.6 is 34.8 Å². The molecule has 0 radical (unpaired) electrons. The Morgan fingerprint density at radius 2 is 1.88 bits per heavy atom. The van der Waals surface area contributed by atoms with Gasteiger partial charge < -0.3 is 14.8 Å². The Morgan fingerprint density at radius 3 is 2.62 bits per heavy atom. The highest BCUT2D eigenvalue weighted by atomic mass is 127. The molecule has 0 atom stereocenters. The highest BCUT2D eigenvalue weighted by molar-refractivity contribution is 14.1. The van der Waals surface area contributed by atoms with Crippen molar-refractivity contribution in [3.8, 4) is 11.5 Å². The van der Waals surface area contributed by atoms with E-state index in [1.54, 1.807) is 18.2 Å². The van der Waals surface area contributed by atoms with E-state index in [1.165, 1.54) is 0 Å². The maximum absolute atomic E-state index is 12.3. The van der Waals surface area contributed by atoms with E-state index in [9.17, 15) is 4.79 Å². The van der Waals surface area contributed by atoms with Crippen LogP contribution in [0.5, 0.6) is 11.5 Å². The van der Waals surface area contributed by atoms with Crippen LogP contribution in [0.25, 0.3) is 0 Å². The van der Waals surface area contributed by atoms with Crippen molar-refractivity contribution in [2.75, 3.05) is 18.5 Å².